The Morgan fingerprint density at radius 3 is 2.20 bits per heavy atom. The summed E-state index contributed by atoms with van der Waals surface area (Å²) in [5.74, 6) is -0.183. The molecule has 0 fully saturated rings. The van der Waals surface area contributed by atoms with Gasteiger partial charge in [-0.15, -0.1) is 0 Å². The Balaban J connectivity index is 1.95. The minimum absolute atomic E-state index is 0.0721. The number of nitrogens with zero attached hydrogens (tertiary/aromatic N) is 2. The lowest BCUT2D eigenvalue weighted by atomic mass is 10.1. The van der Waals surface area contributed by atoms with Gasteiger partial charge in [0.25, 0.3) is 10.0 Å². The highest BCUT2D eigenvalue weighted by Crippen LogP contribution is 2.26. The minimum atomic E-state index is -4.11. The quantitative estimate of drug-likeness (QED) is 0.289. The third-order valence-electron chi connectivity index (χ3n) is 6.73. The van der Waals surface area contributed by atoms with Crippen molar-refractivity contribution in [1.29, 1.82) is 0 Å². The van der Waals surface area contributed by atoms with E-state index in [4.69, 9.17) is 4.74 Å². The van der Waals surface area contributed by atoms with Gasteiger partial charge in [-0.1, -0.05) is 61.4 Å². The van der Waals surface area contributed by atoms with Gasteiger partial charge in [0, 0.05) is 13.1 Å². The highest BCUT2D eigenvalue weighted by atomic mass is 32.2. The van der Waals surface area contributed by atoms with Gasteiger partial charge in [-0.05, 0) is 68.7 Å². The molecule has 0 aliphatic rings. The lowest BCUT2D eigenvalue weighted by Crippen LogP contribution is -2.52. The second-order valence-electron chi connectivity index (χ2n) is 9.67. The van der Waals surface area contributed by atoms with Crippen LogP contribution in [0.4, 0.5) is 5.69 Å². The van der Waals surface area contributed by atoms with Crippen LogP contribution in [0.15, 0.2) is 83.8 Å². The number of aryl methyl sites for hydroxylation is 1. The number of nitrogens with one attached hydrogen (secondary N) is 1. The molecule has 0 saturated heterocycles. The van der Waals surface area contributed by atoms with Crippen LogP contribution in [0.2, 0.25) is 0 Å². The number of unbranched alkanes of at least 4 members (excludes halogenated alkanes) is 1. The second kappa shape index (κ2) is 14.5. The van der Waals surface area contributed by atoms with Crippen LogP contribution < -0.4 is 14.4 Å². The normalized spacial score (nSPS) is 11.9. The third-order valence-corrected chi connectivity index (χ3v) is 8.52. The molecule has 0 saturated carbocycles. The monoisotopic (exact) mass is 565 g/mol. The van der Waals surface area contributed by atoms with Gasteiger partial charge in [-0.2, -0.15) is 0 Å². The van der Waals surface area contributed by atoms with Crippen LogP contribution in [0.3, 0.4) is 0 Å². The van der Waals surface area contributed by atoms with E-state index >= 15 is 0 Å². The van der Waals surface area contributed by atoms with Crippen molar-refractivity contribution in [2.45, 2.75) is 51.0 Å². The molecular weight excluding hydrogens is 526 g/mol. The van der Waals surface area contributed by atoms with E-state index in [0.717, 1.165) is 28.3 Å². The minimum Gasteiger partial charge on any atom is -0.497 e. The first kappa shape index (κ1) is 30.7. The summed E-state index contributed by atoms with van der Waals surface area (Å²) in [6.07, 6.45) is 2.28. The highest BCUT2D eigenvalue weighted by molar-refractivity contribution is 7.92. The van der Waals surface area contributed by atoms with Crippen molar-refractivity contribution in [3.8, 4) is 5.75 Å². The SMILES string of the molecule is CCCCNC(=O)C(C)N(CCc1ccccc1)C(=O)CN(c1ccc(OC)cc1)S(=O)(=O)c1ccc(C)cc1. The average Bonchev–Trinajstić information content (AvgIpc) is 2.96. The topological polar surface area (TPSA) is 96.0 Å². The first-order chi connectivity index (χ1) is 19.2. The summed E-state index contributed by atoms with van der Waals surface area (Å²) < 4.78 is 34.0. The number of methoxy groups -OCH3 is 1. The smallest absolute Gasteiger partial charge is 0.264 e. The van der Waals surface area contributed by atoms with Crippen molar-refractivity contribution in [2.75, 3.05) is 31.0 Å². The van der Waals surface area contributed by atoms with Gasteiger partial charge in [0.1, 0.15) is 18.3 Å². The molecule has 0 heterocycles. The third kappa shape index (κ3) is 8.08. The van der Waals surface area contributed by atoms with E-state index in [2.05, 4.69) is 5.32 Å². The van der Waals surface area contributed by atoms with Crippen LogP contribution in [0.1, 0.15) is 37.8 Å². The first-order valence-electron chi connectivity index (χ1n) is 13.5. The molecule has 2 amide bonds. The Morgan fingerprint density at radius 1 is 0.950 bits per heavy atom. The van der Waals surface area contributed by atoms with E-state index < -0.39 is 28.5 Å². The maximum atomic E-state index is 13.9. The van der Waals surface area contributed by atoms with E-state index in [0.29, 0.717) is 24.4 Å². The lowest BCUT2D eigenvalue weighted by Gasteiger charge is -2.32. The summed E-state index contributed by atoms with van der Waals surface area (Å²) in [6.45, 7) is 5.89. The van der Waals surface area contributed by atoms with Crippen molar-refractivity contribution in [3.63, 3.8) is 0 Å². The maximum Gasteiger partial charge on any atom is 0.264 e. The molecule has 40 heavy (non-hydrogen) atoms. The lowest BCUT2D eigenvalue weighted by molar-refractivity contribution is -0.138. The number of benzene rings is 3. The summed E-state index contributed by atoms with van der Waals surface area (Å²) in [4.78, 5) is 28.4. The van der Waals surface area contributed by atoms with Crippen LogP contribution in [0.25, 0.3) is 0 Å². The Kier molecular flexibility index (Phi) is 11.1. The van der Waals surface area contributed by atoms with Crippen molar-refractivity contribution < 1.29 is 22.7 Å². The molecule has 0 radical (unpaired) electrons. The molecular formula is C31H39N3O5S. The fraction of sp³-hybridized carbons (Fsp3) is 0.355. The number of anilines is 1. The predicted octanol–water partition coefficient (Wildman–Crippen LogP) is 4.58. The van der Waals surface area contributed by atoms with Crippen molar-refractivity contribution in [2.24, 2.45) is 0 Å². The van der Waals surface area contributed by atoms with E-state index in [1.54, 1.807) is 43.3 Å². The molecule has 0 aliphatic heterocycles. The molecule has 0 aliphatic carbocycles. The summed E-state index contributed by atoms with van der Waals surface area (Å²) in [6, 6.07) is 21.9. The molecule has 8 nitrogen and oxygen atoms in total. The number of sulfonamides is 1. The molecule has 0 bridgehead atoms. The number of carbonyl (C=O) groups is 2. The van der Waals surface area contributed by atoms with E-state index in [9.17, 15) is 18.0 Å². The number of hydrogen-bond acceptors (Lipinski definition) is 5. The van der Waals surface area contributed by atoms with Crippen LogP contribution in [-0.4, -0.2) is 57.9 Å². The second-order valence-corrected chi connectivity index (χ2v) is 11.5. The largest absolute Gasteiger partial charge is 0.497 e. The number of ether oxygens (including phenoxy) is 1. The van der Waals surface area contributed by atoms with Crippen molar-refractivity contribution >= 4 is 27.5 Å². The van der Waals surface area contributed by atoms with Crippen LogP contribution in [-0.2, 0) is 26.0 Å². The number of hydrogen-bond donors (Lipinski definition) is 1. The molecule has 214 valence electrons. The van der Waals surface area contributed by atoms with Crippen molar-refractivity contribution in [1.82, 2.24) is 10.2 Å². The average molecular weight is 566 g/mol. The maximum absolute atomic E-state index is 13.9. The Bertz CT molecular complexity index is 1340. The van der Waals surface area contributed by atoms with Gasteiger partial charge >= 0.3 is 0 Å². The van der Waals surface area contributed by atoms with Crippen LogP contribution in [0, 0.1) is 6.92 Å². The summed E-state index contributed by atoms with van der Waals surface area (Å²) >= 11 is 0. The van der Waals surface area contributed by atoms with Gasteiger partial charge in [-0.25, -0.2) is 8.42 Å². The molecule has 3 aromatic carbocycles. The molecule has 1 atom stereocenters. The first-order valence-corrected chi connectivity index (χ1v) is 15.0. The molecule has 9 heteroatoms. The molecule has 3 rings (SSSR count). The van der Waals surface area contributed by atoms with Gasteiger partial charge < -0.3 is 15.0 Å². The fourth-order valence-corrected chi connectivity index (χ4v) is 5.64. The van der Waals surface area contributed by atoms with Gasteiger partial charge in [0.15, 0.2) is 0 Å². The van der Waals surface area contributed by atoms with Crippen LogP contribution >= 0.6 is 0 Å². The molecule has 0 spiro atoms. The molecule has 1 N–H and O–H groups in total. The fourth-order valence-electron chi connectivity index (χ4n) is 4.22. The Labute approximate surface area is 238 Å². The molecule has 1 unspecified atom stereocenters. The number of carbonyl (C=O) groups excluding carboxylic acids is 2. The molecule has 0 aromatic heterocycles. The number of amides is 2. The number of rotatable bonds is 14. The van der Waals surface area contributed by atoms with E-state index in [1.807, 2.05) is 44.2 Å². The van der Waals surface area contributed by atoms with Gasteiger partial charge in [0.2, 0.25) is 11.8 Å². The zero-order valence-electron chi connectivity index (χ0n) is 23.7. The molecule has 3 aromatic rings. The zero-order valence-corrected chi connectivity index (χ0v) is 24.5. The van der Waals surface area contributed by atoms with E-state index in [1.165, 1.54) is 24.1 Å². The standard InChI is InChI=1S/C31H39N3O5S/c1-5-6-21-32-31(36)25(3)33(22-20-26-10-8-7-9-11-26)30(35)23-34(27-14-16-28(39-4)17-15-27)40(37,38)29-18-12-24(2)13-19-29/h7-19,25H,5-6,20-23H2,1-4H3,(H,32,36). The predicted molar refractivity (Wildman–Crippen MR) is 158 cm³/mol. The summed E-state index contributed by atoms with van der Waals surface area (Å²) in [7, 11) is -2.58. The van der Waals surface area contributed by atoms with E-state index in [-0.39, 0.29) is 17.3 Å². The zero-order chi connectivity index (χ0) is 29.1. The van der Waals surface area contributed by atoms with Gasteiger partial charge in [0.05, 0.1) is 17.7 Å². The van der Waals surface area contributed by atoms with Crippen molar-refractivity contribution in [3.05, 3.63) is 90.0 Å². The highest BCUT2D eigenvalue weighted by Gasteiger charge is 2.32. The van der Waals surface area contributed by atoms with Crippen LogP contribution in [0.5, 0.6) is 5.75 Å². The summed E-state index contributed by atoms with van der Waals surface area (Å²) in [5, 5.41) is 2.90. The summed E-state index contributed by atoms with van der Waals surface area (Å²) in [5.41, 5.74) is 2.25. The van der Waals surface area contributed by atoms with Gasteiger partial charge in [-0.3, -0.25) is 13.9 Å². The Hall–Kier alpha value is -3.85. The Morgan fingerprint density at radius 2 is 1.60 bits per heavy atom.